The van der Waals surface area contributed by atoms with Crippen LogP contribution >= 0.6 is 11.3 Å². The number of methoxy groups -OCH3 is 2. The Morgan fingerprint density at radius 3 is 2.71 bits per heavy atom. The second-order valence-electron chi connectivity index (χ2n) is 4.16. The van der Waals surface area contributed by atoms with Crippen LogP contribution in [0.15, 0.2) is 24.4 Å². The van der Waals surface area contributed by atoms with Gasteiger partial charge in [0, 0.05) is 5.56 Å². The molecule has 0 spiro atoms. The molecular weight excluding hydrogens is 292 g/mol. The van der Waals surface area contributed by atoms with Gasteiger partial charge in [-0.1, -0.05) is 17.4 Å². The molecule has 2 rings (SSSR count). The summed E-state index contributed by atoms with van der Waals surface area (Å²) in [5.74, 6) is -0.166. The number of rotatable bonds is 4. The molecular formula is C14H14N2O4S. The Bertz CT molecular complexity index is 681. The number of carbonyl (C=O) groups is 2. The van der Waals surface area contributed by atoms with Crippen molar-refractivity contribution in [1.29, 1.82) is 0 Å². The number of aryl methyl sites for hydroxylation is 1. The normalized spacial score (nSPS) is 10.0. The molecule has 0 fully saturated rings. The van der Waals surface area contributed by atoms with E-state index in [-0.39, 0.29) is 5.91 Å². The highest BCUT2D eigenvalue weighted by Gasteiger charge is 2.14. The first-order chi connectivity index (χ1) is 10.0. The van der Waals surface area contributed by atoms with Crippen molar-refractivity contribution in [3.05, 3.63) is 40.4 Å². The lowest BCUT2D eigenvalue weighted by Gasteiger charge is -2.07. The second-order valence-corrected chi connectivity index (χ2v) is 5.19. The first-order valence-electron chi connectivity index (χ1n) is 6.05. The quantitative estimate of drug-likeness (QED) is 0.878. The predicted molar refractivity (Wildman–Crippen MR) is 79.1 cm³/mol. The molecule has 0 radical (unpaired) electrons. The number of ether oxygens (including phenoxy) is 2. The number of amides is 1. The van der Waals surface area contributed by atoms with Crippen LogP contribution in [0.4, 0.5) is 5.13 Å². The van der Waals surface area contributed by atoms with Crippen LogP contribution in [0.1, 0.15) is 25.6 Å². The predicted octanol–water partition coefficient (Wildman–Crippen LogP) is 2.50. The molecule has 1 aromatic heterocycles. The molecule has 1 amide bonds. The molecule has 1 heterocycles. The van der Waals surface area contributed by atoms with Crippen LogP contribution in [-0.4, -0.2) is 31.1 Å². The smallest absolute Gasteiger partial charge is 0.349 e. The zero-order chi connectivity index (χ0) is 15.4. The van der Waals surface area contributed by atoms with Crippen molar-refractivity contribution < 1.29 is 19.1 Å². The van der Waals surface area contributed by atoms with Crippen molar-refractivity contribution in [1.82, 2.24) is 4.98 Å². The highest BCUT2D eigenvalue weighted by Crippen LogP contribution is 2.22. The summed E-state index contributed by atoms with van der Waals surface area (Å²) in [5.41, 5.74) is 1.39. The lowest BCUT2D eigenvalue weighted by molar-refractivity contribution is 0.0606. The van der Waals surface area contributed by atoms with Crippen molar-refractivity contribution in [2.24, 2.45) is 0 Å². The highest BCUT2D eigenvalue weighted by molar-refractivity contribution is 7.17. The standard InChI is InChI=1S/C14H14N2O4S/c1-8-4-5-9(6-10(8)19-2)12(17)16-14-15-7-11(21-14)13(18)20-3/h4-7H,1-3H3,(H,15,16,17). The number of benzene rings is 1. The number of hydrogen-bond donors (Lipinski definition) is 1. The molecule has 0 unspecified atom stereocenters. The maximum Gasteiger partial charge on any atom is 0.349 e. The molecule has 0 aliphatic rings. The third kappa shape index (κ3) is 3.38. The number of nitrogens with zero attached hydrogens (tertiary/aromatic N) is 1. The molecule has 0 saturated carbocycles. The van der Waals surface area contributed by atoms with Crippen LogP contribution in [0, 0.1) is 6.92 Å². The fraction of sp³-hybridized carbons (Fsp3) is 0.214. The van der Waals surface area contributed by atoms with E-state index < -0.39 is 5.97 Å². The Morgan fingerprint density at radius 1 is 1.29 bits per heavy atom. The molecule has 0 atom stereocenters. The van der Waals surface area contributed by atoms with E-state index in [1.807, 2.05) is 6.92 Å². The summed E-state index contributed by atoms with van der Waals surface area (Å²) in [4.78, 5) is 27.7. The molecule has 1 N–H and O–H groups in total. The number of carbonyl (C=O) groups excluding carboxylic acids is 2. The lowest BCUT2D eigenvalue weighted by atomic mass is 10.1. The van der Waals surface area contributed by atoms with Crippen molar-refractivity contribution >= 4 is 28.3 Å². The van der Waals surface area contributed by atoms with E-state index >= 15 is 0 Å². The molecule has 7 heteroatoms. The number of thiazole rings is 1. The van der Waals surface area contributed by atoms with Crippen LogP contribution in [0.25, 0.3) is 0 Å². The van der Waals surface area contributed by atoms with Gasteiger partial charge in [-0.3, -0.25) is 10.1 Å². The Morgan fingerprint density at radius 2 is 2.05 bits per heavy atom. The molecule has 0 aliphatic heterocycles. The maximum absolute atomic E-state index is 12.1. The summed E-state index contributed by atoms with van der Waals surface area (Å²) >= 11 is 1.05. The molecule has 2 aromatic rings. The third-order valence-electron chi connectivity index (χ3n) is 2.78. The van der Waals surface area contributed by atoms with Crippen LogP contribution in [-0.2, 0) is 4.74 Å². The Kier molecular flexibility index (Phi) is 4.54. The van der Waals surface area contributed by atoms with Gasteiger partial charge in [0.05, 0.1) is 20.4 Å². The van der Waals surface area contributed by atoms with Crippen LogP contribution in [0.5, 0.6) is 5.75 Å². The van der Waals surface area contributed by atoms with Gasteiger partial charge < -0.3 is 9.47 Å². The van der Waals surface area contributed by atoms with Crippen molar-refractivity contribution in [3.63, 3.8) is 0 Å². The Labute approximate surface area is 125 Å². The highest BCUT2D eigenvalue weighted by atomic mass is 32.1. The first kappa shape index (κ1) is 15.0. The average molecular weight is 306 g/mol. The van der Waals surface area contributed by atoms with Gasteiger partial charge >= 0.3 is 5.97 Å². The third-order valence-corrected chi connectivity index (χ3v) is 3.68. The minimum Gasteiger partial charge on any atom is -0.496 e. The lowest BCUT2D eigenvalue weighted by Crippen LogP contribution is -2.11. The van der Waals surface area contributed by atoms with Crippen molar-refractivity contribution in [2.75, 3.05) is 19.5 Å². The molecule has 0 saturated heterocycles. The summed E-state index contributed by atoms with van der Waals surface area (Å²) in [7, 11) is 2.84. The minimum absolute atomic E-state index is 0.320. The van der Waals surface area contributed by atoms with E-state index in [1.165, 1.54) is 13.3 Å². The molecule has 6 nitrogen and oxygen atoms in total. The summed E-state index contributed by atoms with van der Waals surface area (Å²) in [6, 6.07) is 5.15. The number of anilines is 1. The van der Waals surface area contributed by atoms with Gasteiger partial charge in [-0.05, 0) is 24.6 Å². The van der Waals surface area contributed by atoms with Gasteiger partial charge in [-0.2, -0.15) is 0 Å². The number of nitrogens with one attached hydrogen (secondary N) is 1. The summed E-state index contributed by atoms with van der Waals surface area (Å²) in [6.07, 6.45) is 1.36. The zero-order valence-electron chi connectivity index (χ0n) is 11.8. The van der Waals surface area contributed by atoms with E-state index in [0.29, 0.717) is 21.3 Å². The van der Waals surface area contributed by atoms with Crippen LogP contribution < -0.4 is 10.1 Å². The van der Waals surface area contributed by atoms with Gasteiger partial charge in [0.2, 0.25) is 0 Å². The van der Waals surface area contributed by atoms with Gasteiger partial charge in [0.1, 0.15) is 10.6 Å². The van der Waals surface area contributed by atoms with Gasteiger partial charge in [-0.15, -0.1) is 0 Å². The van der Waals surface area contributed by atoms with E-state index in [4.69, 9.17) is 4.74 Å². The fourth-order valence-electron chi connectivity index (χ4n) is 1.66. The minimum atomic E-state index is -0.481. The zero-order valence-corrected chi connectivity index (χ0v) is 12.6. The summed E-state index contributed by atoms with van der Waals surface area (Å²) in [6.45, 7) is 1.89. The molecule has 110 valence electrons. The number of esters is 1. The fourth-order valence-corrected chi connectivity index (χ4v) is 2.39. The van der Waals surface area contributed by atoms with Gasteiger partial charge in [-0.25, -0.2) is 9.78 Å². The summed E-state index contributed by atoms with van der Waals surface area (Å²) < 4.78 is 9.77. The summed E-state index contributed by atoms with van der Waals surface area (Å²) in [5, 5.41) is 2.97. The Hall–Kier alpha value is -2.41. The average Bonchev–Trinajstić information content (AvgIpc) is 2.95. The van der Waals surface area contributed by atoms with E-state index in [9.17, 15) is 9.59 Å². The largest absolute Gasteiger partial charge is 0.496 e. The van der Waals surface area contributed by atoms with Gasteiger partial charge in [0.25, 0.3) is 5.91 Å². The van der Waals surface area contributed by atoms with Crippen molar-refractivity contribution in [3.8, 4) is 5.75 Å². The molecule has 0 bridgehead atoms. The van der Waals surface area contributed by atoms with E-state index in [2.05, 4.69) is 15.0 Å². The molecule has 21 heavy (non-hydrogen) atoms. The first-order valence-corrected chi connectivity index (χ1v) is 6.87. The number of hydrogen-bond acceptors (Lipinski definition) is 6. The van der Waals surface area contributed by atoms with E-state index in [0.717, 1.165) is 16.9 Å². The van der Waals surface area contributed by atoms with Crippen molar-refractivity contribution in [2.45, 2.75) is 6.92 Å². The van der Waals surface area contributed by atoms with Crippen LogP contribution in [0.2, 0.25) is 0 Å². The monoisotopic (exact) mass is 306 g/mol. The van der Waals surface area contributed by atoms with Crippen LogP contribution in [0.3, 0.4) is 0 Å². The molecule has 0 aliphatic carbocycles. The van der Waals surface area contributed by atoms with E-state index in [1.54, 1.807) is 25.3 Å². The topological polar surface area (TPSA) is 77.5 Å². The Balaban J connectivity index is 2.14. The number of aromatic nitrogens is 1. The SMILES string of the molecule is COC(=O)c1cnc(NC(=O)c2ccc(C)c(OC)c2)s1. The maximum atomic E-state index is 12.1. The molecule has 1 aromatic carbocycles. The second kappa shape index (κ2) is 6.36. The van der Waals surface area contributed by atoms with Gasteiger partial charge in [0.15, 0.2) is 5.13 Å².